The van der Waals surface area contributed by atoms with Gasteiger partial charge in [0.1, 0.15) is 12.2 Å². The van der Waals surface area contributed by atoms with Crippen LogP contribution in [0.1, 0.15) is 97.3 Å². The van der Waals surface area contributed by atoms with Crippen LogP contribution in [0.4, 0.5) is 0 Å². The zero-order valence-corrected chi connectivity index (χ0v) is 16.4. The number of rotatable bonds is 16. The Labute approximate surface area is 150 Å². The highest BCUT2D eigenvalue weighted by atomic mass is 16.6. The van der Waals surface area contributed by atoms with Crippen molar-refractivity contribution < 1.29 is 14.2 Å². The van der Waals surface area contributed by atoms with Crippen molar-refractivity contribution in [1.82, 2.24) is 0 Å². The molecule has 2 fully saturated rings. The fourth-order valence-corrected chi connectivity index (χ4v) is 2.75. The number of unbranched alkanes of at least 4 members (excludes halogenated alkanes) is 12. The second kappa shape index (κ2) is 16.4. The summed E-state index contributed by atoms with van der Waals surface area (Å²) in [6, 6.07) is 0. The zero-order chi connectivity index (χ0) is 17.3. The van der Waals surface area contributed by atoms with Crippen molar-refractivity contribution in [2.75, 3.05) is 26.4 Å². The van der Waals surface area contributed by atoms with Crippen LogP contribution in [-0.2, 0) is 14.2 Å². The molecule has 2 saturated heterocycles. The predicted molar refractivity (Wildman–Crippen MR) is 102 cm³/mol. The van der Waals surface area contributed by atoms with Crippen molar-refractivity contribution in [3.05, 3.63) is 0 Å². The Morgan fingerprint density at radius 1 is 0.583 bits per heavy atom. The van der Waals surface area contributed by atoms with Crippen LogP contribution in [0.5, 0.6) is 0 Å². The number of hydrogen-bond donors (Lipinski definition) is 0. The molecular weight excluding hydrogens is 300 g/mol. The van der Waals surface area contributed by atoms with Crippen molar-refractivity contribution in [2.45, 2.75) is 110 Å². The van der Waals surface area contributed by atoms with Gasteiger partial charge in [0.25, 0.3) is 0 Å². The van der Waals surface area contributed by atoms with Gasteiger partial charge in [0.05, 0.1) is 26.4 Å². The zero-order valence-electron chi connectivity index (χ0n) is 16.4. The third kappa shape index (κ3) is 16.7. The van der Waals surface area contributed by atoms with E-state index >= 15 is 0 Å². The van der Waals surface area contributed by atoms with E-state index in [1.165, 1.54) is 83.5 Å². The van der Waals surface area contributed by atoms with E-state index < -0.39 is 0 Å². The highest BCUT2D eigenvalue weighted by Crippen LogP contribution is 2.13. The molecule has 2 rings (SSSR count). The molecule has 2 heterocycles. The lowest BCUT2D eigenvalue weighted by molar-refractivity contribution is 0.102. The van der Waals surface area contributed by atoms with Crippen molar-refractivity contribution in [2.24, 2.45) is 0 Å². The lowest BCUT2D eigenvalue weighted by atomic mass is 10.1. The molecule has 0 aromatic rings. The van der Waals surface area contributed by atoms with Gasteiger partial charge in [-0.1, -0.05) is 97.3 Å². The van der Waals surface area contributed by atoms with Gasteiger partial charge in [-0.2, -0.15) is 0 Å². The summed E-state index contributed by atoms with van der Waals surface area (Å²) in [5.41, 5.74) is 0. The Morgan fingerprint density at radius 3 is 1.12 bits per heavy atom. The Bertz CT molecular complexity index is 225. The summed E-state index contributed by atoms with van der Waals surface area (Å²) in [6.07, 6.45) is 19.7. The molecule has 0 amide bonds. The molecule has 0 aromatic carbocycles. The van der Waals surface area contributed by atoms with Crippen LogP contribution in [-0.4, -0.2) is 38.6 Å². The lowest BCUT2D eigenvalue weighted by Crippen LogP contribution is -2.06. The maximum absolute atomic E-state index is 5.23. The van der Waals surface area contributed by atoms with E-state index in [-0.39, 0.29) is 0 Å². The van der Waals surface area contributed by atoms with Crippen LogP contribution in [0, 0.1) is 0 Å². The monoisotopic (exact) mass is 342 g/mol. The van der Waals surface area contributed by atoms with Gasteiger partial charge in [-0.3, -0.25) is 0 Å². The maximum atomic E-state index is 5.23. The minimum Gasteiger partial charge on any atom is -0.376 e. The summed E-state index contributed by atoms with van der Waals surface area (Å²) in [4.78, 5) is 0. The van der Waals surface area contributed by atoms with Crippen molar-refractivity contribution in [1.29, 1.82) is 0 Å². The van der Waals surface area contributed by atoms with E-state index in [9.17, 15) is 0 Å². The average Bonchev–Trinajstić information content (AvgIpc) is 3.49. The van der Waals surface area contributed by atoms with Gasteiger partial charge in [-0.05, 0) is 0 Å². The van der Waals surface area contributed by atoms with Gasteiger partial charge >= 0.3 is 0 Å². The SMILES string of the molecule is C(OCC1CO1)C1CO1.CCCCCCCCCCCCCCC. The quantitative estimate of drug-likeness (QED) is 0.259. The van der Waals surface area contributed by atoms with E-state index in [0.29, 0.717) is 12.2 Å². The molecule has 24 heavy (non-hydrogen) atoms. The molecule has 3 heteroatoms. The van der Waals surface area contributed by atoms with E-state index in [1.54, 1.807) is 0 Å². The minimum absolute atomic E-state index is 0.392. The van der Waals surface area contributed by atoms with Gasteiger partial charge in [-0.25, -0.2) is 0 Å². The van der Waals surface area contributed by atoms with Crippen molar-refractivity contribution >= 4 is 0 Å². The lowest BCUT2D eigenvalue weighted by Gasteiger charge is -2.01. The van der Waals surface area contributed by atoms with Crippen LogP contribution in [0.15, 0.2) is 0 Å². The first-order valence-electron chi connectivity index (χ1n) is 10.7. The molecule has 0 aliphatic carbocycles. The first-order chi connectivity index (χ1) is 11.9. The molecule has 2 atom stereocenters. The fourth-order valence-electron chi connectivity index (χ4n) is 2.75. The normalized spacial score (nSPS) is 21.2. The van der Waals surface area contributed by atoms with E-state index in [2.05, 4.69) is 13.8 Å². The molecule has 144 valence electrons. The summed E-state index contributed by atoms with van der Waals surface area (Å²) in [5.74, 6) is 0. The number of epoxide rings is 2. The van der Waals surface area contributed by atoms with Gasteiger partial charge < -0.3 is 14.2 Å². The third-order valence-electron chi connectivity index (χ3n) is 4.62. The molecule has 0 bridgehead atoms. The maximum Gasteiger partial charge on any atom is 0.104 e. The Kier molecular flexibility index (Phi) is 14.9. The second-order valence-corrected chi connectivity index (χ2v) is 7.34. The Morgan fingerprint density at radius 2 is 0.875 bits per heavy atom. The molecule has 0 saturated carbocycles. The van der Waals surface area contributed by atoms with Crippen molar-refractivity contribution in [3.8, 4) is 0 Å². The van der Waals surface area contributed by atoms with E-state index in [1.807, 2.05) is 0 Å². The molecule has 2 unspecified atom stereocenters. The standard InChI is InChI=1S/C15H32.C6H10O3/c1-3-5-7-9-11-13-15-14-12-10-8-6-4-2;1(5-3-8-5)7-2-6-4-9-6/h3-15H2,1-2H3;5-6H,1-4H2. The number of hydrogen-bond acceptors (Lipinski definition) is 3. The van der Waals surface area contributed by atoms with Gasteiger partial charge in [0.15, 0.2) is 0 Å². The first kappa shape index (κ1) is 21.9. The first-order valence-corrected chi connectivity index (χ1v) is 10.7. The van der Waals surface area contributed by atoms with Crippen LogP contribution in [0.3, 0.4) is 0 Å². The predicted octanol–water partition coefficient (Wildman–Crippen LogP) is 5.90. The smallest absolute Gasteiger partial charge is 0.104 e. The molecule has 2 aliphatic rings. The van der Waals surface area contributed by atoms with Crippen LogP contribution >= 0.6 is 0 Å². The van der Waals surface area contributed by atoms with Crippen LogP contribution < -0.4 is 0 Å². The second-order valence-electron chi connectivity index (χ2n) is 7.34. The van der Waals surface area contributed by atoms with Crippen LogP contribution in [0.2, 0.25) is 0 Å². The minimum atomic E-state index is 0.392. The summed E-state index contributed by atoms with van der Waals surface area (Å²) in [5, 5.41) is 0. The summed E-state index contributed by atoms with van der Waals surface area (Å²) in [7, 11) is 0. The van der Waals surface area contributed by atoms with E-state index in [0.717, 1.165) is 26.4 Å². The van der Waals surface area contributed by atoms with Gasteiger partial charge in [0.2, 0.25) is 0 Å². The third-order valence-corrected chi connectivity index (χ3v) is 4.62. The van der Waals surface area contributed by atoms with Gasteiger partial charge in [-0.15, -0.1) is 0 Å². The molecular formula is C21H42O3. The average molecular weight is 343 g/mol. The topological polar surface area (TPSA) is 34.3 Å². The number of ether oxygens (including phenoxy) is 3. The van der Waals surface area contributed by atoms with E-state index in [4.69, 9.17) is 14.2 Å². The Hall–Kier alpha value is -0.120. The highest BCUT2D eigenvalue weighted by Gasteiger charge is 2.26. The fraction of sp³-hybridized carbons (Fsp3) is 1.00. The Balaban J connectivity index is 0.000000267. The molecule has 3 nitrogen and oxygen atoms in total. The molecule has 0 N–H and O–H groups in total. The molecule has 0 spiro atoms. The van der Waals surface area contributed by atoms with Crippen molar-refractivity contribution in [3.63, 3.8) is 0 Å². The highest BCUT2D eigenvalue weighted by molar-refractivity contribution is 4.71. The molecule has 0 radical (unpaired) electrons. The molecule has 0 aromatic heterocycles. The summed E-state index contributed by atoms with van der Waals surface area (Å²) < 4.78 is 15.1. The summed E-state index contributed by atoms with van der Waals surface area (Å²) in [6.45, 7) is 7.84. The summed E-state index contributed by atoms with van der Waals surface area (Å²) >= 11 is 0. The largest absolute Gasteiger partial charge is 0.376 e. The van der Waals surface area contributed by atoms with Gasteiger partial charge in [0, 0.05) is 0 Å². The van der Waals surface area contributed by atoms with Crippen LogP contribution in [0.25, 0.3) is 0 Å². The molecule has 2 aliphatic heterocycles.